The Balaban J connectivity index is 2.27. The van der Waals surface area contributed by atoms with Crippen LogP contribution in [0.2, 0.25) is 0 Å². The van der Waals surface area contributed by atoms with Crippen LogP contribution in [0.4, 0.5) is 8.58 Å². The van der Waals surface area contributed by atoms with Gasteiger partial charge in [-0.05, 0) is 0 Å². The van der Waals surface area contributed by atoms with Crippen molar-refractivity contribution in [2.45, 2.75) is 39.5 Å². The Kier molecular flexibility index (Phi) is 4.97. The van der Waals surface area contributed by atoms with Crippen molar-refractivity contribution in [3.8, 4) is 0 Å². The molecule has 0 aromatic heterocycles. The Morgan fingerprint density at radius 1 is 1.17 bits per heavy atom. The number of para-hydroxylation sites is 1. The number of nitrogens with zero attached hydrogens (tertiary/aromatic N) is 1. The van der Waals surface area contributed by atoms with E-state index in [0.29, 0.717) is 0 Å². The third-order valence-corrected chi connectivity index (χ3v) is 5.20. The van der Waals surface area contributed by atoms with E-state index in [0.717, 1.165) is 34.1 Å². The normalized spacial score (nSPS) is 16.6. The Labute approximate surface area is 119 Å². The van der Waals surface area contributed by atoms with Gasteiger partial charge in [-0.15, -0.1) is 0 Å². The molecule has 18 heavy (non-hydrogen) atoms. The van der Waals surface area contributed by atoms with E-state index in [1.165, 1.54) is 17.5 Å². The molecule has 1 aromatic carbocycles. The number of benzene rings is 1. The van der Waals surface area contributed by atoms with E-state index in [9.17, 15) is 2.89 Å². The van der Waals surface area contributed by atoms with Crippen molar-refractivity contribution in [3.05, 3.63) is 38.5 Å². The molecule has 1 aliphatic carbocycles. The van der Waals surface area contributed by atoms with Gasteiger partial charge >= 0.3 is 119 Å². The first-order valence-corrected chi connectivity index (χ1v) is 8.38. The van der Waals surface area contributed by atoms with Crippen LogP contribution in [0.3, 0.4) is 0 Å². The van der Waals surface area contributed by atoms with Crippen molar-refractivity contribution in [1.29, 1.82) is 0 Å². The van der Waals surface area contributed by atoms with Crippen molar-refractivity contribution in [1.82, 2.24) is 0 Å². The number of aliphatic imine (C=N–C) groups is 1. The molecule has 0 heterocycles. The van der Waals surface area contributed by atoms with Gasteiger partial charge in [-0.3, -0.25) is 0 Å². The van der Waals surface area contributed by atoms with Crippen molar-refractivity contribution in [2.24, 2.45) is 4.99 Å². The van der Waals surface area contributed by atoms with Crippen LogP contribution in [0.1, 0.15) is 36.8 Å². The number of hydrogen-bond donors (Lipinski definition) is 0. The van der Waals surface area contributed by atoms with E-state index in [1.54, 1.807) is 0 Å². The van der Waals surface area contributed by atoms with E-state index in [2.05, 4.69) is 31.0 Å². The zero-order valence-electron chi connectivity index (χ0n) is 10.9. The molecular formula is C15H18FNTe. The average molecular weight is 359 g/mol. The number of allylic oxidation sites excluding steroid dienone is 2. The zero-order valence-corrected chi connectivity index (χ0v) is 13.2. The van der Waals surface area contributed by atoms with Gasteiger partial charge in [0.1, 0.15) is 0 Å². The fourth-order valence-corrected chi connectivity index (χ4v) is 3.63. The fourth-order valence-electron chi connectivity index (χ4n) is 2.28. The van der Waals surface area contributed by atoms with Crippen LogP contribution in [-0.2, 0) is 0 Å². The summed E-state index contributed by atoms with van der Waals surface area (Å²) in [7, 11) is 0. The van der Waals surface area contributed by atoms with E-state index in [1.807, 2.05) is 12.3 Å². The summed E-state index contributed by atoms with van der Waals surface area (Å²) < 4.78 is 14.1. The van der Waals surface area contributed by atoms with Gasteiger partial charge < -0.3 is 0 Å². The number of halogens is 1. The van der Waals surface area contributed by atoms with Crippen LogP contribution in [0.15, 0.2) is 32.4 Å². The second kappa shape index (κ2) is 6.50. The molecule has 1 aliphatic rings. The molecule has 96 valence electrons. The Hall–Kier alpha value is -0.650. The summed E-state index contributed by atoms with van der Waals surface area (Å²) in [6.07, 6.45) is 6.18. The molecule has 1 nitrogen and oxygen atoms in total. The fraction of sp³-hybridized carbons (Fsp3) is 0.400. The quantitative estimate of drug-likeness (QED) is 0.560. The summed E-state index contributed by atoms with van der Waals surface area (Å²) in [6, 6.07) is 6.18. The molecule has 0 amide bonds. The molecule has 0 atom stereocenters. The van der Waals surface area contributed by atoms with Gasteiger partial charge in [0.2, 0.25) is 0 Å². The van der Waals surface area contributed by atoms with Crippen LogP contribution in [-0.4, -0.2) is 27.7 Å². The molecule has 1 aromatic rings. The molecule has 0 saturated heterocycles. The number of hydrogen-bond acceptors (Lipinski definition) is 1. The standard InChI is InChI=1S/C15H18FNTe/c1-11-6-5-7-12(2)15(11)17-10-13-8-3-4-9-14(13)18-16/h5-7,10H,3-4,8-9H2,1-2H3. The van der Waals surface area contributed by atoms with Crippen LogP contribution < -0.4 is 0 Å². The molecule has 2 rings (SSSR count). The van der Waals surface area contributed by atoms with Gasteiger partial charge in [0.25, 0.3) is 0 Å². The molecule has 0 N–H and O–H groups in total. The van der Waals surface area contributed by atoms with Crippen molar-refractivity contribution in [2.75, 3.05) is 0 Å². The minimum absolute atomic E-state index is 0.951. The Morgan fingerprint density at radius 3 is 2.50 bits per heavy atom. The first-order valence-electron chi connectivity index (χ1n) is 6.33. The SMILES string of the molecule is Cc1cccc(C)c1N=CC1=C([Te]F)CCCC1. The molecule has 0 radical (unpaired) electrons. The number of rotatable bonds is 3. The van der Waals surface area contributed by atoms with E-state index >= 15 is 0 Å². The van der Waals surface area contributed by atoms with Crippen LogP contribution in [0.5, 0.6) is 0 Å². The summed E-state index contributed by atoms with van der Waals surface area (Å²) >= 11 is -1.43. The minimum atomic E-state index is -1.43. The van der Waals surface area contributed by atoms with Gasteiger partial charge in [0, 0.05) is 0 Å². The Bertz CT molecular complexity index is 471. The molecule has 0 fully saturated rings. The van der Waals surface area contributed by atoms with Gasteiger partial charge in [-0.1, -0.05) is 0 Å². The van der Waals surface area contributed by atoms with Crippen molar-refractivity contribution in [3.63, 3.8) is 0 Å². The third kappa shape index (κ3) is 3.22. The first-order chi connectivity index (χ1) is 8.72. The molecule has 0 spiro atoms. The average Bonchev–Trinajstić information content (AvgIpc) is 2.38. The molecule has 0 bridgehead atoms. The van der Waals surface area contributed by atoms with Crippen molar-refractivity contribution >= 4 is 33.4 Å². The van der Waals surface area contributed by atoms with Crippen molar-refractivity contribution < 1.29 is 2.89 Å². The van der Waals surface area contributed by atoms with E-state index in [4.69, 9.17) is 0 Å². The molecule has 0 unspecified atom stereocenters. The molecule has 3 heteroatoms. The predicted molar refractivity (Wildman–Crippen MR) is 76.4 cm³/mol. The summed E-state index contributed by atoms with van der Waals surface area (Å²) in [5.74, 6) is 0. The zero-order chi connectivity index (χ0) is 13.0. The predicted octanol–water partition coefficient (Wildman–Crippen LogP) is 4.42. The summed E-state index contributed by atoms with van der Waals surface area (Å²) in [6.45, 7) is 4.14. The second-order valence-electron chi connectivity index (χ2n) is 4.73. The monoisotopic (exact) mass is 361 g/mol. The maximum atomic E-state index is 13.0. The second-order valence-corrected chi connectivity index (χ2v) is 6.58. The maximum absolute atomic E-state index is 13.0. The topological polar surface area (TPSA) is 12.4 Å². The Morgan fingerprint density at radius 2 is 1.83 bits per heavy atom. The molecule has 0 saturated carbocycles. The van der Waals surface area contributed by atoms with Gasteiger partial charge in [0.15, 0.2) is 0 Å². The van der Waals surface area contributed by atoms with E-state index in [-0.39, 0.29) is 0 Å². The summed E-state index contributed by atoms with van der Waals surface area (Å²) in [5.41, 5.74) is 4.56. The van der Waals surface area contributed by atoms with E-state index < -0.39 is 21.5 Å². The van der Waals surface area contributed by atoms with Crippen LogP contribution in [0.25, 0.3) is 0 Å². The number of aryl methyl sites for hydroxylation is 2. The summed E-state index contributed by atoms with van der Waals surface area (Å²) in [4.78, 5) is 4.60. The van der Waals surface area contributed by atoms with Gasteiger partial charge in [-0.25, -0.2) is 0 Å². The summed E-state index contributed by atoms with van der Waals surface area (Å²) in [5, 5.41) is 0. The molecular weight excluding hydrogens is 341 g/mol. The van der Waals surface area contributed by atoms with Crippen LogP contribution >= 0.6 is 0 Å². The first kappa shape index (κ1) is 13.8. The van der Waals surface area contributed by atoms with Crippen LogP contribution in [0, 0.1) is 13.8 Å². The van der Waals surface area contributed by atoms with Gasteiger partial charge in [-0.2, -0.15) is 0 Å². The third-order valence-electron chi connectivity index (χ3n) is 3.34. The molecule has 0 aliphatic heterocycles. The van der Waals surface area contributed by atoms with Gasteiger partial charge in [0.05, 0.1) is 0 Å².